The highest BCUT2D eigenvalue weighted by molar-refractivity contribution is 7.14. The largest absolute Gasteiger partial charge is 0.465 e. The highest BCUT2D eigenvalue weighted by atomic mass is 32.1. The number of nitrogens with zero attached hydrogens (tertiary/aromatic N) is 3. The van der Waals surface area contributed by atoms with Crippen LogP contribution in [-0.4, -0.2) is 82.3 Å². The number of hydrogen-bond acceptors (Lipinski definition) is 9. The Morgan fingerprint density at radius 2 is 1.73 bits per heavy atom. The van der Waals surface area contributed by atoms with Crippen molar-refractivity contribution in [3.63, 3.8) is 0 Å². The van der Waals surface area contributed by atoms with E-state index in [1.54, 1.807) is 26.2 Å². The summed E-state index contributed by atoms with van der Waals surface area (Å²) in [5, 5.41) is 22.7. The van der Waals surface area contributed by atoms with Gasteiger partial charge in [-0.3, -0.25) is 9.59 Å². The molecule has 4 amide bonds. The molecule has 2 heterocycles. The quantitative estimate of drug-likeness (QED) is 0.166. The zero-order chi connectivity index (χ0) is 30.3. The molecular formula is C27H38N6O6S2. The minimum atomic E-state index is -1.03. The minimum absolute atomic E-state index is 0.0873. The summed E-state index contributed by atoms with van der Waals surface area (Å²) in [7, 11) is 0. The molecule has 0 bridgehead atoms. The van der Waals surface area contributed by atoms with Gasteiger partial charge in [-0.05, 0) is 40.0 Å². The lowest BCUT2D eigenvalue weighted by Gasteiger charge is -2.20. The lowest BCUT2D eigenvalue weighted by molar-refractivity contribution is -0.120. The summed E-state index contributed by atoms with van der Waals surface area (Å²) < 4.78 is 5.16. The van der Waals surface area contributed by atoms with Crippen LogP contribution in [0.2, 0.25) is 0 Å². The molecule has 0 radical (unpaired) electrons. The predicted molar refractivity (Wildman–Crippen MR) is 158 cm³/mol. The number of rotatable bonds is 16. The number of carboxylic acid groups (broad SMARTS) is 1. The van der Waals surface area contributed by atoms with Gasteiger partial charge in [0.25, 0.3) is 5.91 Å². The van der Waals surface area contributed by atoms with Crippen LogP contribution in [0.25, 0.3) is 10.7 Å². The second-order valence-electron chi connectivity index (χ2n) is 9.98. The number of nitrogens with one attached hydrogen (secondary N) is 3. The molecule has 14 heteroatoms. The molecule has 2 rings (SSSR count). The zero-order valence-electron chi connectivity index (χ0n) is 23.7. The Morgan fingerprint density at radius 3 is 2.44 bits per heavy atom. The van der Waals surface area contributed by atoms with E-state index < -0.39 is 17.8 Å². The van der Waals surface area contributed by atoms with E-state index in [1.165, 1.54) is 27.6 Å². The molecule has 0 fully saturated rings. The van der Waals surface area contributed by atoms with Gasteiger partial charge in [0.05, 0.1) is 5.01 Å². The van der Waals surface area contributed by atoms with Crippen LogP contribution in [0, 0.1) is 12.3 Å². The van der Waals surface area contributed by atoms with Crippen LogP contribution in [-0.2, 0) is 16.0 Å². The van der Waals surface area contributed by atoms with Gasteiger partial charge in [0, 0.05) is 62.7 Å². The van der Waals surface area contributed by atoms with E-state index in [9.17, 15) is 24.3 Å². The first-order chi connectivity index (χ1) is 19.5. The number of carbonyl (C=O) groups is 4. The lowest BCUT2D eigenvalue weighted by Crippen LogP contribution is -2.35. The number of thiazole rings is 2. The summed E-state index contributed by atoms with van der Waals surface area (Å²) in [6.07, 6.45) is 6.56. The van der Waals surface area contributed by atoms with E-state index in [0.29, 0.717) is 75.4 Å². The van der Waals surface area contributed by atoms with Crippen molar-refractivity contribution in [2.45, 2.75) is 64.9 Å². The first-order valence-electron chi connectivity index (χ1n) is 13.3. The average Bonchev–Trinajstić information content (AvgIpc) is 3.57. The van der Waals surface area contributed by atoms with Crippen molar-refractivity contribution in [3.05, 3.63) is 21.5 Å². The molecule has 41 heavy (non-hydrogen) atoms. The molecule has 0 aliphatic carbocycles. The smallest absolute Gasteiger partial charge is 0.407 e. The fraction of sp³-hybridized carbons (Fsp3) is 0.556. The highest BCUT2D eigenvalue weighted by Crippen LogP contribution is 2.25. The Bertz CT molecular complexity index is 1200. The van der Waals surface area contributed by atoms with Crippen LogP contribution < -0.4 is 16.0 Å². The Kier molecular flexibility index (Phi) is 14.0. The van der Waals surface area contributed by atoms with E-state index in [-0.39, 0.29) is 24.1 Å². The number of carbonyl (C=O) groups excluding carboxylic acids is 3. The molecule has 0 saturated carbocycles. The number of aromatic nitrogens is 2. The summed E-state index contributed by atoms with van der Waals surface area (Å²) in [5.74, 6) is 2.01. The third kappa shape index (κ3) is 13.5. The fourth-order valence-electron chi connectivity index (χ4n) is 3.40. The molecule has 224 valence electrons. The van der Waals surface area contributed by atoms with Crippen LogP contribution in [0.5, 0.6) is 0 Å². The summed E-state index contributed by atoms with van der Waals surface area (Å²) in [5.41, 5.74) is 0.372. The van der Waals surface area contributed by atoms with Crippen molar-refractivity contribution in [2.24, 2.45) is 0 Å². The molecule has 2 aromatic rings. The van der Waals surface area contributed by atoms with Gasteiger partial charge >= 0.3 is 12.2 Å². The molecule has 12 nitrogen and oxygen atoms in total. The van der Waals surface area contributed by atoms with Crippen molar-refractivity contribution in [2.75, 3.05) is 32.7 Å². The number of hydrogen-bond donors (Lipinski definition) is 4. The van der Waals surface area contributed by atoms with Gasteiger partial charge in [-0.1, -0.05) is 0 Å². The zero-order valence-corrected chi connectivity index (χ0v) is 25.3. The van der Waals surface area contributed by atoms with Crippen molar-refractivity contribution >= 4 is 46.7 Å². The number of unbranched alkanes of at least 4 members (excludes halogenated alkanes) is 1. The maximum absolute atomic E-state index is 12.5. The van der Waals surface area contributed by atoms with Gasteiger partial charge in [0.2, 0.25) is 5.91 Å². The first kappa shape index (κ1) is 33.5. The van der Waals surface area contributed by atoms with Crippen LogP contribution in [0.4, 0.5) is 9.59 Å². The van der Waals surface area contributed by atoms with Gasteiger partial charge in [-0.25, -0.2) is 19.6 Å². The minimum Gasteiger partial charge on any atom is -0.465 e. The van der Waals surface area contributed by atoms with Crippen molar-refractivity contribution in [1.29, 1.82) is 0 Å². The summed E-state index contributed by atoms with van der Waals surface area (Å²) >= 11 is 2.77. The summed E-state index contributed by atoms with van der Waals surface area (Å²) in [4.78, 5) is 57.6. The molecule has 0 aliphatic heterocycles. The van der Waals surface area contributed by atoms with Crippen molar-refractivity contribution in [3.8, 4) is 23.0 Å². The van der Waals surface area contributed by atoms with E-state index in [1.807, 2.05) is 5.38 Å². The van der Waals surface area contributed by atoms with E-state index in [0.717, 1.165) is 5.01 Å². The van der Waals surface area contributed by atoms with Gasteiger partial charge in [0.1, 0.15) is 22.0 Å². The maximum Gasteiger partial charge on any atom is 0.407 e. The molecule has 2 aromatic heterocycles. The van der Waals surface area contributed by atoms with Crippen LogP contribution >= 0.6 is 22.7 Å². The van der Waals surface area contributed by atoms with Crippen molar-refractivity contribution in [1.82, 2.24) is 30.8 Å². The van der Waals surface area contributed by atoms with Crippen LogP contribution in [0.1, 0.15) is 68.4 Å². The topological polar surface area (TPSA) is 163 Å². The fourth-order valence-corrected chi connectivity index (χ4v) is 5.02. The third-order valence-electron chi connectivity index (χ3n) is 5.35. The summed E-state index contributed by atoms with van der Waals surface area (Å²) in [6, 6.07) is 0. The molecule has 0 aromatic carbocycles. The lowest BCUT2D eigenvalue weighted by atomic mass is 10.2. The number of amides is 4. The Balaban J connectivity index is 1.68. The number of terminal acetylenes is 1. The molecule has 0 atom stereocenters. The highest BCUT2D eigenvalue weighted by Gasteiger charge is 2.17. The van der Waals surface area contributed by atoms with Gasteiger partial charge in [0.15, 0.2) is 0 Å². The summed E-state index contributed by atoms with van der Waals surface area (Å²) in [6.45, 7) is 7.08. The molecule has 0 spiro atoms. The standard InChI is InChI=1S/C27H38N6O6S2/c1-5-6-10-21(34)28-14-11-22-31-20(18-40-22)24-32-19(17-41-24)23(35)29-13-9-16-33(26(37)38)15-8-7-12-30-25(36)39-27(2,3)4/h1,17-18H,6-16H2,2-4H3,(H,28,34)(H,29,35)(H,30,36)(H,37,38). The Morgan fingerprint density at radius 1 is 1.00 bits per heavy atom. The molecule has 0 unspecified atom stereocenters. The van der Waals surface area contributed by atoms with Gasteiger partial charge in [-0.2, -0.15) is 0 Å². The number of ether oxygens (including phenoxy) is 1. The SMILES string of the molecule is C#CCCC(=O)NCCc1nc(-c2nc(C(=O)NCCCN(CCCCNC(=O)OC(C)(C)C)C(=O)O)cs2)cs1. The monoisotopic (exact) mass is 606 g/mol. The molecular weight excluding hydrogens is 568 g/mol. The second kappa shape index (κ2) is 17.2. The normalized spacial score (nSPS) is 10.9. The second-order valence-corrected chi connectivity index (χ2v) is 11.8. The molecule has 4 N–H and O–H groups in total. The molecule has 0 saturated heterocycles. The average molecular weight is 607 g/mol. The van der Waals surface area contributed by atoms with Crippen LogP contribution in [0.15, 0.2) is 10.8 Å². The van der Waals surface area contributed by atoms with E-state index >= 15 is 0 Å². The Hall–Kier alpha value is -3.70. The maximum atomic E-state index is 12.5. The Labute approximate surface area is 248 Å². The van der Waals surface area contributed by atoms with E-state index in [4.69, 9.17) is 11.2 Å². The van der Waals surface area contributed by atoms with E-state index in [2.05, 4.69) is 31.8 Å². The predicted octanol–water partition coefficient (Wildman–Crippen LogP) is 3.74. The number of alkyl carbamates (subject to hydrolysis) is 1. The van der Waals surface area contributed by atoms with Gasteiger partial charge < -0.3 is 30.7 Å². The van der Waals surface area contributed by atoms with Crippen molar-refractivity contribution < 1.29 is 29.0 Å². The van der Waals surface area contributed by atoms with Crippen LogP contribution in [0.3, 0.4) is 0 Å². The molecule has 0 aliphatic rings. The third-order valence-corrected chi connectivity index (χ3v) is 7.12. The van der Waals surface area contributed by atoms with Gasteiger partial charge in [-0.15, -0.1) is 35.0 Å². The first-order valence-corrected chi connectivity index (χ1v) is 15.1.